The molecule has 4 unspecified atom stereocenters. The first-order valence-electron chi connectivity index (χ1n) is 10.4. The first-order chi connectivity index (χ1) is 13.4. The van der Waals surface area contributed by atoms with Gasteiger partial charge in [0.05, 0.1) is 7.11 Å². The van der Waals surface area contributed by atoms with Gasteiger partial charge in [-0.3, -0.25) is 4.79 Å². The zero-order chi connectivity index (χ0) is 19.9. The number of amides is 1. The van der Waals surface area contributed by atoms with Crippen LogP contribution in [0.15, 0.2) is 23.1 Å². The molecule has 1 aromatic carbocycles. The van der Waals surface area contributed by atoms with Crippen molar-refractivity contribution < 1.29 is 17.9 Å². The van der Waals surface area contributed by atoms with Crippen LogP contribution in [0.1, 0.15) is 55.8 Å². The van der Waals surface area contributed by atoms with Crippen LogP contribution in [0.5, 0.6) is 5.75 Å². The van der Waals surface area contributed by atoms with Gasteiger partial charge in [0, 0.05) is 24.7 Å². The van der Waals surface area contributed by atoms with Crippen molar-refractivity contribution in [1.29, 1.82) is 0 Å². The number of rotatable bonds is 6. The number of hydrogen-bond acceptors (Lipinski definition) is 4. The highest BCUT2D eigenvalue weighted by molar-refractivity contribution is 7.89. The smallest absolute Gasteiger partial charge is 0.251 e. The van der Waals surface area contributed by atoms with E-state index in [-0.39, 0.29) is 22.6 Å². The molecule has 1 heterocycles. The fraction of sp³-hybridized carbons (Fsp3) is 0.667. The van der Waals surface area contributed by atoms with Gasteiger partial charge < -0.3 is 10.1 Å². The number of benzene rings is 1. The molecule has 1 aromatic rings. The normalized spacial score (nSPS) is 28.4. The zero-order valence-electron chi connectivity index (χ0n) is 16.7. The molecule has 2 aliphatic carbocycles. The number of nitrogens with one attached hydrogen (secondary N) is 1. The van der Waals surface area contributed by atoms with Crippen molar-refractivity contribution >= 4 is 15.9 Å². The molecule has 1 amide bonds. The van der Waals surface area contributed by atoms with E-state index >= 15 is 0 Å². The Labute approximate surface area is 167 Å². The predicted molar refractivity (Wildman–Crippen MR) is 107 cm³/mol. The fourth-order valence-electron chi connectivity index (χ4n) is 5.39. The van der Waals surface area contributed by atoms with Crippen molar-refractivity contribution in [2.24, 2.45) is 17.8 Å². The molecule has 1 saturated heterocycles. The average Bonchev–Trinajstić information content (AvgIpc) is 3.45. The van der Waals surface area contributed by atoms with Gasteiger partial charge in [-0.1, -0.05) is 6.42 Å². The Morgan fingerprint density at radius 1 is 1.21 bits per heavy atom. The molecule has 6 nitrogen and oxygen atoms in total. The van der Waals surface area contributed by atoms with E-state index in [1.54, 1.807) is 12.1 Å². The summed E-state index contributed by atoms with van der Waals surface area (Å²) in [6.45, 7) is 3.11. The molecule has 28 heavy (non-hydrogen) atoms. The average molecular weight is 407 g/mol. The third kappa shape index (κ3) is 3.54. The van der Waals surface area contributed by atoms with E-state index in [0.29, 0.717) is 24.6 Å². The van der Waals surface area contributed by atoms with Crippen LogP contribution in [0.2, 0.25) is 0 Å². The minimum atomic E-state index is -3.66. The molecular weight excluding hydrogens is 376 g/mol. The Morgan fingerprint density at radius 2 is 1.96 bits per heavy atom. The molecule has 154 valence electrons. The Kier molecular flexibility index (Phi) is 5.40. The molecule has 0 spiro atoms. The van der Waals surface area contributed by atoms with Crippen LogP contribution >= 0.6 is 0 Å². The van der Waals surface area contributed by atoms with Crippen molar-refractivity contribution in [3.8, 4) is 5.75 Å². The quantitative estimate of drug-likeness (QED) is 0.788. The molecule has 3 fully saturated rings. The van der Waals surface area contributed by atoms with Gasteiger partial charge in [-0.05, 0) is 75.0 Å². The van der Waals surface area contributed by atoms with Crippen molar-refractivity contribution in [2.75, 3.05) is 20.2 Å². The molecule has 2 bridgehead atoms. The van der Waals surface area contributed by atoms with E-state index in [4.69, 9.17) is 4.74 Å². The zero-order valence-corrected chi connectivity index (χ0v) is 17.5. The molecule has 2 saturated carbocycles. The number of hydrogen-bond donors (Lipinski definition) is 1. The topological polar surface area (TPSA) is 75.7 Å². The lowest BCUT2D eigenvalue weighted by Crippen LogP contribution is -2.40. The number of methoxy groups -OCH3 is 1. The van der Waals surface area contributed by atoms with Crippen LogP contribution in [0.3, 0.4) is 0 Å². The highest BCUT2D eigenvalue weighted by atomic mass is 32.2. The van der Waals surface area contributed by atoms with E-state index in [2.05, 4.69) is 12.2 Å². The molecule has 7 heteroatoms. The van der Waals surface area contributed by atoms with Crippen molar-refractivity contribution in [2.45, 2.75) is 56.4 Å². The van der Waals surface area contributed by atoms with E-state index in [0.717, 1.165) is 24.7 Å². The van der Waals surface area contributed by atoms with Crippen LogP contribution in [0.4, 0.5) is 0 Å². The number of ether oxygens (including phenoxy) is 1. The first-order valence-corrected chi connectivity index (χ1v) is 11.8. The van der Waals surface area contributed by atoms with Crippen molar-refractivity contribution in [1.82, 2.24) is 9.62 Å². The Bertz CT molecular complexity index is 848. The summed E-state index contributed by atoms with van der Waals surface area (Å²) in [4.78, 5) is 12.9. The highest BCUT2D eigenvalue weighted by Gasteiger charge is 2.42. The summed E-state index contributed by atoms with van der Waals surface area (Å²) in [7, 11) is -2.21. The van der Waals surface area contributed by atoms with E-state index in [1.165, 1.54) is 43.2 Å². The van der Waals surface area contributed by atoms with Gasteiger partial charge in [0.2, 0.25) is 10.0 Å². The van der Waals surface area contributed by atoms with E-state index in [9.17, 15) is 13.2 Å². The number of fused-ring (bicyclic) bond motifs is 2. The van der Waals surface area contributed by atoms with E-state index in [1.807, 2.05) is 0 Å². The van der Waals surface area contributed by atoms with Gasteiger partial charge in [0.25, 0.3) is 5.91 Å². The van der Waals surface area contributed by atoms with Crippen LogP contribution in [-0.4, -0.2) is 44.9 Å². The largest absolute Gasteiger partial charge is 0.495 e. The lowest BCUT2D eigenvalue weighted by molar-refractivity contribution is 0.0915. The van der Waals surface area contributed by atoms with Gasteiger partial charge in [-0.15, -0.1) is 0 Å². The SMILES string of the molecule is COc1ccc(C(=O)NC(C)C2CC3CCC2C3)cc1S(=O)(=O)N1CCCC1. The summed E-state index contributed by atoms with van der Waals surface area (Å²) < 4.78 is 32.8. The third-order valence-electron chi connectivity index (χ3n) is 6.90. The molecule has 0 radical (unpaired) electrons. The standard InChI is InChI=1S/C21H30N2O4S/c1-14(18-12-15-5-6-16(18)11-15)22-21(24)17-7-8-19(27-2)20(13-17)28(25,26)23-9-3-4-10-23/h7-8,13-16,18H,3-6,9-12H2,1-2H3,(H,22,24). The molecule has 4 rings (SSSR count). The minimum absolute atomic E-state index is 0.0807. The second-order valence-corrected chi connectivity index (χ2v) is 10.5. The first kappa shape index (κ1) is 19.7. The van der Waals surface area contributed by atoms with Crippen LogP contribution < -0.4 is 10.1 Å². The minimum Gasteiger partial charge on any atom is -0.495 e. The maximum Gasteiger partial charge on any atom is 0.251 e. The summed E-state index contributed by atoms with van der Waals surface area (Å²) in [5, 5.41) is 3.12. The van der Waals surface area contributed by atoms with Crippen molar-refractivity contribution in [3.05, 3.63) is 23.8 Å². The van der Waals surface area contributed by atoms with Crippen LogP contribution in [0, 0.1) is 17.8 Å². The number of carbonyl (C=O) groups is 1. The summed E-state index contributed by atoms with van der Waals surface area (Å²) in [6.07, 6.45) is 6.83. The monoisotopic (exact) mass is 406 g/mol. The highest BCUT2D eigenvalue weighted by Crippen LogP contribution is 2.49. The molecule has 1 N–H and O–H groups in total. The van der Waals surface area contributed by atoms with Gasteiger partial charge in [-0.25, -0.2) is 8.42 Å². The van der Waals surface area contributed by atoms with Gasteiger partial charge in [-0.2, -0.15) is 4.31 Å². The second kappa shape index (κ2) is 7.67. The second-order valence-electron chi connectivity index (χ2n) is 8.58. The molecule has 4 atom stereocenters. The number of nitrogens with zero attached hydrogens (tertiary/aromatic N) is 1. The molecule has 0 aromatic heterocycles. The summed E-state index contributed by atoms with van der Waals surface area (Å²) in [6, 6.07) is 4.80. The molecule has 1 aliphatic heterocycles. The van der Waals surface area contributed by atoms with Crippen LogP contribution in [-0.2, 0) is 10.0 Å². The lowest BCUT2D eigenvalue weighted by atomic mass is 9.84. The summed E-state index contributed by atoms with van der Waals surface area (Å²) in [5.74, 6) is 2.16. The summed E-state index contributed by atoms with van der Waals surface area (Å²) >= 11 is 0. The maximum absolute atomic E-state index is 13.0. The maximum atomic E-state index is 13.0. The van der Waals surface area contributed by atoms with Gasteiger partial charge >= 0.3 is 0 Å². The van der Waals surface area contributed by atoms with Gasteiger partial charge in [0.1, 0.15) is 10.6 Å². The predicted octanol–water partition coefficient (Wildman–Crippen LogP) is 3.03. The van der Waals surface area contributed by atoms with Crippen LogP contribution in [0.25, 0.3) is 0 Å². The molecular formula is C21H30N2O4S. The third-order valence-corrected chi connectivity index (χ3v) is 8.82. The lowest BCUT2D eigenvalue weighted by Gasteiger charge is -2.28. The van der Waals surface area contributed by atoms with Gasteiger partial charge in [0.15, 0.2) is 0 Å². The van der Waals surface area contributed by atoms with Crippen molar-refractivity contribution in [3.63, 3.8) is 0 Å². The molecule has 3 aliphatic rings. The number of sulfonamides is 1. The van der Waals surface area contributed by atoms with E-state index < -0.39 is 10.0 Å². The number of carbonyl (C=O) groups excluding carboxylic acids is 1. The fourth-order valence-corrected chi connectivity index (χ4v) is 7.09. The summed E-state index contributed by atoms with van der Waals surface area (Å²) in [5.41, 5.74) is 0.369. The Morgan fingerprint density at radius 3 is 2.57 bits per heavy atom. The Hall–Kier alpha value is -1.60. The Balaban J connectivity index is 1.53.